The molecule has 2 nitrogen and oxygen atoms in total. The van der Waals surface area contributed by atoms with Crippen LogP contribution in [0.3, 0.4) is 0 Å². The molecule has 94 valence electrons. The molecule has 0 amide bonds. The van der Waals surface area contributed by atoms with Gasteiger partial charge in [0.2, 0.25) is 0 Å². The molecule has 3 rings (SSSR count). The van der Waals surface area contributed by atoms with Gasteiger partial charge < -0.3 is 4.90 Å². The highest BCUT2D eigenvalue weighted by atomic mass is 32.1. The highest BCUT2D eigenvalue weighted by molar-refractivity contribution is 7.16. The molecule has 2 aliphatic rings. The molecule has 0 bridgehead atoms. The minimum atomic E-state index is 0.679. The van der Waals surface area contributed by atoms with Crippen molar-refractivity contribution in [1.82, 2.24) is 4.90 Å². The molecule has 0 atom stereocenters. The zero-order chi connectivity index (χ0) is 11.8. The second kappa shape index (κ2) is 4.62. The van der Waals surface area contributed by atoms with E-state index >= 15 is 0 Å². The lowest BCUT2D eigenvalue weighted by molar-refractivity contribution is 0.205. The molecule has 0 aliphatic carbocycles. The van der Waals surface area contributed by atoms with Crippen LogP contribution >= 0.6 is 11.3 Å². The van der Waals surface area contributed by atoms with Crippen molar-refractivity contribution in [3.63, 3.8) is 0 Å². The number of fused-ring (bicyclic) bond motifs is 1. The van der Waals surface area contributed by atoms with Gasteiger partial charge in [-0.15, -0.1) is 11.3 Å². The van der Waals surface area contributed by atoms with Gasteiger partial charge in [0.15, 0.2) is 0 Å². The van der Waals surface area contributed by atoms with E-state index in [4.69, 9.17) is 0 Å². The Morgan fingerprint density at radius 3 is 2.65 bits per heavy atom. The quantitative estimate of drug-likeness (QED) is 0.796. The lowest BCUT2D eigenvalue weighted by atomic mass is 10.1. The Bertz CT molecular complexity index is 391. The summed E-state index contributed by atoms with van der Waals surface area (Å²) >= 11 is 2.05. The van der Waals surface area contributed by atoms with Crippen molar-refractivity contribution in [2.24, 2.45) is 0 Å². The summed E-state index contributed by atoms with van der Waals surface area (Å²) in [6.07, 6.45) is 4.01. The van der Waals surface area contributed by atoms with Crippen molar-refractivity contribution in [3.05, 3.63) is 16.5 Å². The van der Waals surface area contributed by atoms with E-state index in [9.17, 15) is 0 Å². The van der Waals surface area contributed by atoms with Gasteiger partial charge >= 0.3 is 0 Å². The van der Waals surface area contributed by atoms with Gasteiger partial charge in [0, 0.05) is 37.1 Å². The maximum Gasteiger partial charge on any atom is 0.0914 e. The highest BCUT2D eigenvalue weighted by Gasteiger charge is 2.23. The van der Waals surface area contributed by atoms with E-state index in [0.29, 0.717) is 6.04 Å². The topological polar surface area (TPSA) is 6.48 Å². The molecule has 1 saturated heterocycles. The Kier molecular flexibility index (Phi) is 3.14. The van der Waals surface area contributed by atoms with Crippen LogP contribution < -0.4 is 4.90 Å². The van der Waals surface area contributed by atoms with E-state index in [1.807, 2.05) is 11.3 Å². The predicted molar refractivity (Wildman–Crippen MR) is 75.0 cm³/mol. The summed E-state index contributed by atoms with van der Waals surface area (Å²) in [7, 11) is 0. The number of hydrogen-bond donors (Lipinski definition) is 0. The zero-order valence-corrected chi connectivity index (χ0v) is 11.7. The molecule has 0 radical (unpaired) electrons. The van der Waals surface area contributed by atoms with E-state index in [-0.39, 0.29) is 0 Å². The molecule has 3 heteroatoms. The molecular formula is C14H22N2S. The minimum absolute atomic E-state index is 0.679. The molecule has 2 aliphatic heterocycles. The molecule has 1 fully saturated rings. The lowest BCUT2D eigenvalue weighted by Gasteiger charge is -2.30. The Morgan fingerprint density at radius 1 is 1.18 bits per heavy atom. The molecule has 0 unspecified atom stereocenters. The van der Waals surface area contributed by atoms with Gasteiger partial charge in [-0.3, -0.25) is 4.90 Å². The second-order valence-corrected chi connectivity index (χ2v) is 6.66. The van der Waals surface area contributed by atoms with Crippen molar-refractivity contribution in [3.8, 4) is 0 Å². The summed E-state index contributed by atoms with van der Waals surface area (Å²) < 4.78 is 0. The van der Waals surface area contributed by atoms with Crippen molar-refractivity contribution >= 4 is 16.3 Å². The molecule has 3 heterocycles. The zero-order valence-electron chi connectivity index (χ0n) is 10.9. The Morgan fingerprint density at radius 2 is 1.94 bits per heavy atom. The fourth-order valence-corrected chi connectivity index (χ4v) is 4.09. The largest absolute Gasteiger partial charge is 0.363 e. The van der Waals surface area contributed by atoms with E-state index in [1.54, 1.807) is 10.4 Å². The summed E-state index contributed by atoms with van der Waals surface area (Å²) in [5.74, 6) is 0. The van der Waals surface area contributed by atoms with Crippen LogP contribution in [0.4, 0.5) is 5.00 Å². The summed E-state index contributed by atoms with van der Waals surface area (Å²) in [5.41, 5.74) is 1.59. The molecule has 0 N–H and O–H groups in total. The van der Waals surface area contributed by atoms with E-state index < -0.39 is 0 Å². The summed E-state index contributed by atoms with van der Waals surface area (Å²) in [4.78, 5) is 6.80. The Balaban J connectivity index is 1.79. The first-order valence-corrected chi connectivity index (χ1v) is 7.66. The summed E-state index contributed by atoms with van der Waals surface area (Å²) in [6, 6.07) is 3.14. The number of anilines is 1. The minimum Gasteiger partial charge on any atom is -0.363 e. The van der Waals surface area contributed by atoms with Gasteiger partial charge in [-0.25, -0.2) is 0 Å². The predicted octanol–water partition coefficient (Wildman–Crippen LogP) is 3.11. The number of rotatable bonds is 2. The third-order valence-electron chi connectivity index (χ3n) is 4.03. The van der Waals surface area contributed by atoms with Crippen LogP contribution in [0, 0.1) is 0 Å². The average Bonchev–Trinajstić information content (AvgIpc) is 2.96. The summed E-state index contributed by atoms with van der Waals surface area (Å²) in [5, 5.41) is 1.53. The van der Waals surface area contributed by atoms with Gasteiger partial charge in [0.1, 0.15) is 0 Å². The fourth-order valence-electron chi connectivity index (χ4n) is 2.87. The van der Waals surface area contributed by atoms with Crippen LogP contribution in [0.2, 0.25) is 0 Å². The molecule has 0 aromatic carbocycles. The molecule has 17 heavy (non-hydrogen) atoms. The highest BCUT2D eigenvalue weighted by Crippen LogP contribution is 2.35. The van der Waals surface area contributed by atoms with Gasteiger partial charge in [-0.2, -0.15) is 0 Å². The van der Waals surface area contributed by atoms with Crippen LogP contribution in [0.25, 0.3) is 0 Å². The number of nitrogens with zero attached hydrogens (tertiary/aromatic N) is 2. The van der Waals surface area contributed by atoms with Crippen LogP contribution in [0.1, 0.15) is 37.1 Å². The van der Waals surface area contributed by atoms with Crippen molar-refractivity contribution in [2.75, 3.05) is 24.5 Å². The normalized spacial score (nSPS) is 21.2. The van der Waals surface area contributed by atoms with E-state index in [2.05, 4.69) is 29.7 Å². The van der Waals surface area contributed by atoms with Crippen LogP contribution in [-0.4, -0.2) is 30.6 Å². The van der Waals surface area contributed by atoms with Crippen LogP contribution in [0.15, 0.2) is 6.07 Å². The first kappa shape index (κ1) is 11.5. The maximum absolute atomic E-state index is 2.59. The third-order valence-corrected chi connectivity index (χ3v) is 5.33. The van der Waals surface area contributed by atoms with Gasteiger partial charge in [-0.1, -0.05) is 0 Å². The smallest absolute Gasteiger partial charge is 0.0914 e. The standard InChI is InChI=1S/C14H22N2S/c1-11(2)16-8-5-13-12(10-16)9-14(17-13)15-6-3-4-7-15/h9,11H,3-8,10H2,1-2H3. The van der Waals surface area contributed by atoms with Crippen molar-refractivity contribution in [1.29, 1.82) is 0 Å². The third kappa shape index (κ3) is 2.23. The van der Waals surface area contributed by atoms with E-state index in [0.717, 1.165) is 6.54 Å². The molecule has 0 spiro atoms. The average molecular weight is 250 g/mol. The van der Waals surface area contributed by atoms with Crippen LogP contribution in [-0.2, 0) is 13.0 Å². The lowest BCUT2D eigenvalue weighted by Crippen LogP contribution is -2.35. The summed E-state index contributed by atoms with van der Waals surface area (Å²) in [6.45, 7) is 9.56. The van der Waals surface area contributed by atoms with Gasteiger partial charge in [-0.05, 0) is 44.7 Å². The maximum atomic E-state index is 2.59. The van der Waals surface area contributed by atoms with Crippen molar-refractivity contribution in [2.45, 2.75) is 45.7 Å². The Labute approximate surface area is 108 Å². The Hall–Kier alpha value is -0.540. The molecular weight excluding hydrogens is 228 g/mol. The number of hydrogen-bond acceptors (Lipinski definition) is 3. The first-order valence-electron chi connectivity index (χ1n) is 6.84. The van der Waals surface area contributed by atoms with Gasteiger partial charge in [0.25, 0.3) is 0 Å². The SMILES string of the molecule is CC(C)N1CCc2sc(N3CCCC3)cc2C1. The molecule has 1 aromatic rings. The number of thiophene rings is 1. The van der Waals surface area contributed by atoms with E-state index in [1.165, 1.54) is 43.9 Å². The van der Waals surface area contributed by atoms with Crippen molar-refractivity contribution < 1.29 is 0 Å². The molecule has 1 aromatic heterocycles. The van der Waals surface area contributed by atoms with Gasteiger partial charge in [0.05, 0.1) is 5.00 Å². The first-order chi connectivity index (χ1) is 8.24. The fraction of sp³-hybridized carbons (Fsp3) is 0.714. The second-order valence-electron chi connectivity index (χ2n) is 5.54. The van der Waals surface area contributed by atoms with Crippen LogP contribution in [0.5, 0.6) is 0 Å². The molecule has 0 saturated carbocycles. The monoisotopic (exact) mass is 250 g/mol.